The van der Waals surface area contributed by atoms with E-state index in [0.29, 0.717) is 22.8 Å². The van der Waals surface area contributed by atoms with Crippen LogP contribution in [0.2, 0.25) is 0 Å². The molecule has 0 N–H and O–H groups in total. The summed E-state index contributed by atoms with van der Waals surface area (Å²) in [5.41, 5.74) is 3.25. The Bertz CT molecular complexity index is 1230. The van der Waals surface area contributed by atoms with E-state index in [9.17, 15) is 13.2 Å². The Morgan fingerprint density at radius 3 is 2.48 bits per heavy atom. The number of anilines is 2. The molecular weight excluding hydrogens is 390 g/mol. The average Bonchev–Trinajstić information content (AvgIpc) is 3.11. The van der Waals surface area contributed by atoms with Crippen molar-refractivity contribution < 1.29 is 13.2 Å². The maximum absolute atomic E-state index is 13.5. The Balaban J connectivity index is 1.82. The Morgan fingerprint density at radius 2 is 1.83 bits per heavy atom. The van der Waals surface area contributed by atoms with Gasteiger partial charge in [-0.1, -0.05) is 12.1 Å². The van der Waals surface area contributed by atoms with Gasteiger partial charge in [-0.3, -0.25) is 13.7 Å². The van der Waals surface area contributed by atoms with Gasteiger partial charge in [0.25, 0.3) is 10.0 Å². The Morgan fingerprint density at radius 1 is 1.07 bits per heavy atom. The molecule has 150 valence electrons. The lowest BCUT2D eigenvalue weighted by atomic mass is 10.1. The molecule has 0 aliphatic carbocycles. The molecule has 29 heavy (non-hydrogen) atoms. The summed E-state index contributed by atoms with van der Waals surface area (Å²) < 4.78 is 30.0. The molecule has 9 heteroatoms. The zero-order valence-corrected chi connectivity index (χ0v) is 17.4. The number of benzene rings is 1. The molecule has 0 saturated heterocycles. The van der Waals surface area contributed by atoms with Gasteiger partial charge < -0.3 is 4.90 Å². The van der Waals surface area contributed by atoms with Crippen molar-refractivity contribution in [1.82, 2.24) is 14.5 Å². The molecule has 0 saturated carbocycles. The minimum Gasteiger partial charge on any atom is -0.312 e. The summed E-state index contributed by atoms with van der Waals surface area (Å²) in [5.74, 6) is 0.288. The minimum atomic E-state index is -3.98. The fourth-order valence-corrected chi connectivity index (χ4v) is 5.14. The van der Waals surface area contributed by atoms with Gasteiger partial charge >= 0.3 is 0 Å². The van der Waals surface area contributed by atoms with Crippen LogP contribution in [0.4, 0.5) is 11.4 Å². The van der Waals surface area contributed by atoms with Gasteiger partial charge in [-0.05, 0) is 44.0 Å². The van der Waals surface area contributed by atoms with Gasteiger partial charge in [0, 0.05) is 13.2 Å². The number of rotatable bonds is 3. The molecule has 0 atom stereocenters. The van der Waals surface area contributed by atoms with Gasteiger partial charge in [-0.15, -0.1) is 0 Å². The number of hydrogen-bond acceptors (Lipinski definition) is 5. The quantitative estimate of drug-likeness (QED) is 0.660. The maximum Gasteiger partial charge on any atom is 0.266 e. The van der Waals surface area contributed by atoms with Crippen LogP contribution in [0.5, 0.6) is 0 Å². The summed E-state index contributed by atoms with van der Waals surface area (Å²) in [6, 6.07) is 7.09. The molecule has 1 aromatic carbocycles. The first-order valence-electron chi connectivity index (χ1n) is 9.06. The normalized spacial score (nSPS) is 14.3. The van der Waals surface area contributed by atoms with Gasteiger partial charge in [0.15, 0.2) is 0 Å². The van der Waals surface area contributed by atoms with Crippen LogP contribution >= 0.6 is 0 Å². The van der Waals surface area contributed by atoms with E-state index in [1.165, 1.54) is 15.4 Å². The third kappa shape index (κ3) is 3.07. The van der Waals surface area contributed by atoms with E-state index < -0.39 is 10.0 Å². The number of likely N-dealkylation sites (N-methyl/N-ethyl adjacent to an activating group) is 1. The maximum atomic E-state index is 13.5. The molecule has 1 aliphatic heterocycles. The number of imidazole rings is 1. The van der Waals surface area contributed by atoms with Crippen LogP contribution in [-0.2, 0) is 14.8 Å². The van der Waals surface area contributed by atoms with E-state index in [2.05, 4.69) is 9.97 Å². The second kappa shape index (κ2) is 6.70. The number of fused-ring (bicyclic) bond motifs is 1. The molecule has 0 unspecified atom stereocenters. The van der Waals surface area contributed by atoms with Crippen molar-refractivity contribution >= 4 is 27.3 Å². The third-order valence-electron chi connectivity index (χ3n) is 5.07. The zero-order valence-electron chi connectivity index (χ0n) is 16.6. The van der Waals surface area contributed by atoms with Gasteiger partial charge in [0.2, 0.25) is 5.91 Å². The lowest BCUT2D eigenvalue weighted by molar-refractivity contribution is -0.117. The van der Waals surface area contributed by atoms with Gasteiger partial charge in [-0.2, -0.15) is 0 Å². The summed E-state index contributed by atoms with van der Waals surface area (Å²) in [5, 5.41) is 0. The van der Waals surface area contributed by atoms with Crippen LogP contribution in [-0.4, -0.2) is 42.5 Å². The molecule has 0 radical (unpaired) electrons. The molecule has 1 amide bonds. The Labute approximate surface area is 169 Å². The van der Waals surface area contributed by atoms with E-state index in [0.717, 1.165) is 11.3 Å². The molecule has 4 rings (SSSR count). The smallest absolute Gasteiger partial charge is 0.266 e. The summed E-state index contributed by atoms with van der Waals surface area (Å²) >= 11 is 0. The molecule has 1 aliphatic rings. The Kier molecular flexibility index (Phi) is 4.42. The monoisotopic (exact) mass is 411 g/mol. The largest absolute Gasteiger partial charge is 0.312 e. The highest BCUT2D eigenvalue weighted by atomic mass is 32.2. The SMILES string of the molecule is Cc1cn(-c2cc(C)c(S(=O)(=O)N3CC(=O)N(C)c4cccc(C)c43)cn2)cn1. The number of para-hydroxylation sites is 1. The van der Waals surface area contributed by atoms with Crippen molar-refractivity contribution in [3.63, 3.8) is 0 Å². The summed E-state index contributed by atoms with van der Waals surface area (Å²) in [4.78, 5) is 22.5. The first kappa shape index (κ1) is 19.1. The molecule has 3 heterocycles. The van der Waals surface area contributed by atoms with Crippen LogP contribution in [0.1, 0.15) is 16.8 Å². The number of amides is 1. The number of hydrogen-bond donors (Lipinski definition) is 0. The van der Waals surface area contributed by atoms with Crippen LogP contribution in [0, 0.1) is 20.8 Å². The van der Waals surface area contributed by atoms with E-state index in [-0.39, 0.29) is 17.3 Å². The van der Waals surface area contributed by atoms with Gasteiger partial charge in [0.05, 0.1) is 23.3 Å². The van der Waals surface area contributed by atoms with Crippen molar-refractivity contribution in [2.45, 2.75) is 25.7 Å². The van der Waals surface area contributed by atoms with Crippen LogP contribution < -0.4 is 9.21 Å². The first-order valence-corrected chi connectivity index (χ1v) is 10.5. The number of carbonyl (C=O) groups excluding carboxylic acids is 1. The highest BCUT2D eigenvalue weighted by Crippen LogP contribution is 2.39. The fourth-order valence-electron chi connectivity index (χ4n) is 3.49. The van der Waals surface area contributed by atoms with Crippen molar-refractivity contribution in [2.24, 2.45) is 0 Å². The number of carbonyl (C=O) groups is 1. The minimum absolute atomic E-state index is 0.0737. The Hall–Kier alpha value is -3.20. The molecule has 8 nitrogen and oxygen atoms in total. The highest BCUT2D eigenvalue weighted by Gasteiger charge is 2.37. The van der Waals surface area contributed by atoms with E-state index >= 15 is 0 Å². The molecule has 3 aromatic rings. The van der Waals surface area contributed by atoms with Gasteiger partial charge in [0.1, 0.15) is 23.6 Å². The number of sulfonamides is 1. The molecule has 2 aromatic heterocycles. The lowest BCUT2D eigenvalue weighted by Gasteiger charge is -2.36. The van der Waals surface area contributed by atoms with Crippen molar-refractivity contribution in [1.29, 1.82) is 0 Å². The fraction of sp³-hybridized carbons (Fsp3) is 0.250. The lowest BCUT2D eigenvalue weighted by Crippen LogP contribution is -2.47. The number of aromatic nitrogens is 3. The van der Waals surface area contributed by atoms with Crippen molar-refractivity contribution in [3.05, 3.63) is 59.8 Å². The van der Waals surface area contributed by atoms with E-state index in [1.807, 2.05) is 32.2 Å². The second-order valence-electron chi connectivity index (χ2n) is 7.14. The number of nitrogens with zero attached hydrogens (tertiary/aromatic N) is 5. The van der Waals surface area contributed by atoms with E-state index in [1.54, 1.807) is 37.0 Å². The predicted molar refractivity (Wildman–Crippen MR) is 110 cm³/mol. The number of pyridine rings is 1. The molecule has 0 fully saturated rings. The highest BCUT2D eigenvalue weighted by molar-refractivity contribution is 7.93. The first-order chi connectivity index (χ1) is 13.7. The van der Waals surface area contributed by atoms with Crippen molar-refractivity contribution in [3.8, 4) is 5.82 Å². The average molecular weight is 411 g/mol. The summed E-state index contributed by atoms with van der Waals surface area (Å²) in [7, 11) is -2.33. The van der Waals surface area contributed by atoms with Crippen LogP contribution in [0.15, 0.2) is 47.9 Å². The van der Waals surface area contributed by atoms with Crippen LogP contribution in [0.3, 0.4) is 0 Å². The predicted octanol–water partition coefficient (Wildman–Crippen LogP) is 2.36. The van der Waals surface area contributed by atoms with Crippen molar-refractivity contribution in [2.75, 3.05) is 22.8 Å². The van der Waals surface area contributed by atoms with Crippen LogP contribution in [0.25, 0.3) is 5.82 Å². The summed E-state index contributed by atoms with van der Waals surface area (Å²) in [6.45, 7) is 5.17. The second-order valence-corrected chi connectivity index (χ2v) is 8.97. The standard InChI is InChI=1S/C20H21N5O3S/c1-13-6-5-7-16-20(13)25(11-19(26)23(16)4)29(27,28)17-9-21-18(8-14(17)2)24-10-15(3)22-12-24/h5-10,12H,11H2,1-4H3. The summed E-state index contributed by atoms with van der Waals surface area (Å²) in [6.07, 6.45) is 4.79. The third-order valence-corrected chi connectivity index (χ3v) is 6.95. The molecular formula is C20H21N5O3S. The topological polar surface area (TPSA) is 88.4 Å². The number of aryl methyl sites for hydroxylation is 3. The zero-order chi connectivity index (χ0) is 20.9. The van der Waals surface area contributed by atoms with E-state index in [4.69, 9.17) is 0 Å². The van der Waals surface area contributed by atoms with Gasteiger partial charge in [-0.25, -0.2) is 18.4 Å². The molecule has 0 bridgehead atoms. The molecule has 0 spiro atoms.